The second-order valence-corrected chi connectivity index (χ2v) is 8.23. The molecular formula is C23H23N5O2S. The van der Waals surface area contributed by atoms with Crippen LogP contribution in [-0.4, -0.2) is 37.8 Å². The molecule has 0 aliphatic rings. The number of nitrogens with zero attached hydrogens (tertiary/aromatic N) is 5. The molecule has 158 valence electrons. The molecule has 1 amide bonds. The van der Waals surface area contributed by atoms with E-state index in [1.165, 1.54) is 17.3 Å². The number of aryl methyl sites for hydroxylation is 1. The summed E-state index contributed by atoms with van der Waals surface area (Å²) in [4.78, 5) is 19.9. The summed E-state index contributed by atoms with van der Waals surface area (Å²) in [5.41, 5.74) is 2.82. The number of amides is 1. The second kappa shape index (κ2) is 9.61. The van der Waals surface area contributed by atoms with E-state index < -0.39 is 0 Å². The Morgan fingerprint density at radius 1 is 1.10 bits per heavy atom. The van der Waals surface area contributed by atoms with Crippen molar-refractivity contribution < 1.29 is 9.32 Å². The third-order valence-corrected chi connectivity index (χ3v) is 5.74. The minimum atomic E-state index is -0.0411. The van der Waals surface area contributed by atoms with E-state index in [1.54, 1.807) is 18.9 Å². The summed E-state index contributed by atoms with van der Waals surface area (Å²) in [7, 11) is 1.81. The van der Waals surface area contributed by atoms with E-state index in [2.05, 4.69) is 27.4 Å². The van der Waals surface area contributed by atoms with Crippen LogP contribution in [0.4, 0.5) is 0 Å². The van der Waals surface area contributed by atoms with Crippen molar-refractivity contribution in [2.45, 2.75) is 30.7 Å². The maximum atomic E-state index is 13.1. The van der Waals surface area contributed by atoms with Crippen LogP contribution in [0.3, 0.4) is 0 Å². The lowest BCUT2D eigenvalue weighted by molar-refractivity contribution is 0.0781. The van der Waals surface area contributed by atoms with Crippen molar-refractivity contribution in [1.29, 1.82) is 0 Å². The van der Waals surface area contributed by atoms with Crippen LogP contribution in [0.1, 0.15) is 33.2 Å². The summed E-state index contributed by atoms with van der Waals surface area (Å²) in [6.07, 6.45) is 3.79. The second-order valence-electron chi connectivity index (χ2n) is 7.21. The molecule has 0 saturated carbocycles. The van der Waals surface area contributed by atoms with Crippen LogP contribution in [0.15, 0.2) is 76.4 Å². The zero-order valence-corrected chi connectivity index (χ0v) is 18.2. The van der Waals surface area contributed by atoms with Crippen LogP contribution in [0.5, 0.6) is 0 Å². The molecule has 8 heteroatoms. The van der Waals surface area contributed by atoms with Gasteiger partial charge in [0.15, 0.2) is 5.82 Å². The minimum Gasteiger partial charge on any atom is -0.338 e. The van der Waals surface area contributed by atoms with Crippen molar-refractivity contribution in [3.05, 3.63) is 95.4 Å². The molecule has 0 fully saturated rings. The fraction of sp³-hybridized carbons (Fsp3) is 0.217. The van der Waals surface area contributed by atoms with Crippen LogP contribution in [0.2, 0.25) is 0 Å². The molecule has 0 aliphatic heterocycles. The highest BCUT2D eigenvalue weighted by Crippen LogP contribution is 2.27. The predicted octanol–water partition coefficient (Wildman–Crippen LogP) is 4.19. The van der Waals surface area contributed by atoms with E-state index in [0.29, 0.717) is 36.1 Å². The third-order valence-electron chi connectivity index (χ3n) is 4.68. The minimum absolute atomic E-state index is 0.0411. The van der Waals surface area contributed by atoms with Gasteiger partial charge in [-0.1, -0.05) is 47.6 Å². The average Bonchev–Trinajstić information content (AvgIpc) is 3.41. The molecule has 0 spiro atoms. The Labute approximate surface area is 185 Å². The fourth-order valence-electron chi connectivity index (χ4n) is 3.20. The Balaban J connectivity index is 1.40. The van der Waals surface area contributed by atoms with E-state index in [1.807, 2.05) is 59.5 Å². The van der Waals surface area contributed by atoms with Crippen molar-refractivity contribution in [3.63, 3.8) is 0 Å². The van der Waals surface area contributed by atoms with Gasteiger partial charge >= 0.3 is 0 Å². The van der Waals surface area contributed by atoms with Gasteiger partial charge in [-0.25, -0.2) is 0 Å². The third kappa shape index (κ3) is 5.40. The molecule has 31 heavy (non-hydrogen) atoms. The van der Waals surface area contributed by atoms with Crippen molar-refractivity contribution in [1.82, 2.24) is 24.8 Å². The van der Waals surface area contributed by atoms with Crippen molar-refractivity contribution in [3.8, 4) is 0 Å². The van der Waals surface area contributed by atoms with Gasteiger partial charge in [0, 0.05) is 30.2 Å². The Kier molecular flexibility index (Phi) is 6.47. The monoisotopic (exact) mass is 433 g/mol. The maximum Gasteiger partial charge on any atom is 0.255 e. The Bertz CT molecular complexity index is 1160. The largest absolute Gasteiger partial charge is 0.338 e. The number of hydrogen-bond acceptors (Lipinski definition) is 6. The molecule has 2 heterocycles. The number of carbonyl (C=O) groups excluding carboxylic acids is 1. The normalized spacial score (nSPS) is 10.9. The molecule has 2 aromatic heterocycles. The Hall–Kier alpha value is -3.39. The van der Waals surface area contributed by atoms with E-state index in [9.17, 15) is 4.79 Å². The summed E-state index contributed by atoms with van der Waals surface area (Å²) < 4.78 is 7.06. The van der Waals surface area contributed by atoms with Gasteiger partial charge in [0.2, 0.25) is 5.89 Å². The fourth-order valence-corrected chi connectivity index (χ4v) is 4.09. The van der Waals surface area contributed by atoms with Gasteiger partial charge in [-0.2, -0.15) is 10.1 Å². The first-order chi connectivity index (χ1) is 15.1. The van der Waals surface area contributed by atoms with Crippen molar-refractivity contribution >= 4 is 17.7 Å². The zero-order valence-electron chi connectivity index (χ0n) is 17.4. The average molecular weight is 434 g/mol. The maximum absolute atomic E-state index is 13.1. The van der Waals surface area contributed by atoms with Crippen LogP contribution in [-0.2, 0) is 18.8 Å². The van der Waals surface area contributed by atoms with E-state index in [0.717, 1.165) is 10.5 Å². The van der Waals surface area contributed by atoms with E-state index in [4.69, 9.17) is 4.52 Å². The van der Waals surface area contributed by atoms with Crippen molar-refractivity contribution in [2.75, 3.05) is 7.05 Å². The molecule has 4 rings (SSSR count). The van der Waals surface area contributed by atoms with E-state index in [-0.39, 0.29) is 5.91 Å². The smallest absolute Gasteiger partial charge is 0.255 e. The van der Waals surface area contributed by atoms with Gasteiger partial charge in [-0.3, -0.25) is 9.48 Å². The highest BCUT2D eigenvalue weighted by Gasteiger charge is 2.17. The number of carbonyl (C=O) groups is 1. The molecule has 4 aromatic rings. The lowest BCUT2D eigenvalue weighted by Crippen LogP contribution is -2.26. The summed E-state index contributed by atoms with van der Waals surface area (Å²) in [6.45, 7) is 2.97. The van der Waals surface area contributed by atoms with Crippen LogP contribution in [0.25, 0.3) is 0 Å². The van der Waals surface area contributed by atoms with Gasteiger partial charge in [-0.15, -0.1) is 11.8 Å². The first-order valence-corrected chi connectivity index (χ1v) is 10.9. The Morgan fingerprint density at radius 2 is 1.87 bits per heavy atom. The molecule has 0 N–H and O–H groups in total. The molecular weight excluding hydrogens is 410 g/mol. The quantitative estimate of drug-likeness (QED) is 0.388. The number of thioether (sulfide) groups is 1. The van der Waals surface area contributed by atoms with Crippen LogP contribution in [0, 0.1) is 6.92 Å². The van der Waals surface area contributed by atoms with Gasteiger partial charge < -0.3 is 9.42 Å². The highest BCUT2D eigenvalue weighted by atomic mass is 32.2. The van der Waals surface area contributed by atoms with Gasteiger partial charge in [0.25, 0.3) is 5.91 Å². The van der Waals surface area contributed by atoms with Crippen molar-refractivity contribution in [2.24, 2.45) is 0 Å². The molecule has 0 radical (unpaired) electrons. The van der Waals surface area contributed by atoms with Gasteiger partial charge in [-0.05, 0) is 24.6 Å². The standard InChI is InChI=1S/C23H23N5O2S/c1-17-25-22(30-26-17)16-31-21-11-7-6-10-20(21)23(29)27(2)13-19-12-24-28(15-19)14-18-8-4-3-5-9-18/h3-12,15H,13-14,16H2,1-2H3. The first-order valence-electron chi connectivity index (χ1n) is 9.90. The number of rotatable bonds is 8. The van der Waals surface area contributed by atoms with E-state index >= 15 is 0 Å². The zero-order chi connectivity index (χ0) is 21.6. The molecule has 0 bridgehead atoms. The number of hydrogen-bond donors (Lipinski definition) is 0. The van der Waals surface area contributed by atoms with Gasteiger partial charge in [0.05, 0.1) is 24.1 Å². The summed E-state index contributed by atoms with van der Waals surface area (Å²) in [5.74, 6) is 1.62. The number of benzene rings is 2. The van der Waals surface area contributed by atoms with Crippen LogP contribution < -0.4 is 0 Å². The van der Waals surface area contributed by atoms with Crippen LogP contribution >= 0.6 is 11.8 Å². The predicted molar refractivity (Wildman–Crippen MR) is 119 cm³/mol. The molecule has 0 aliphatic carbocycles. The topological polar surface area (TPSA) is 77.0 Å². The highest BCUT2D eigenvalue weighted by molar-refractivity contribution is 7.98. The summed E-state index contributed by atoms with van der Waals surface area (Å²) in [5, 5.41) is 8.24. The molecule has 0 saturated heterocycles. The summed E-state index contributed by atoms with van der Waals surface area (Å²) >= 11 is 1.51. The molecule has 2 aromatic carbocycles. The lowest BCUT2D eigenvalue weighted by atomic mass is 10.2. The molecule has 0 atom stereocenters. The number of aromatic nitrogens is 4. The summed E-state index contributed by atoms with van der Waals surface area (Å²) in [6, 6.07) is 17.8. The first kappa shape index (κ1) is 20.9. The Morgan fingerprint density at radius 3 is 2.65 bits per heavy atom. The molecule has 7 nitrogen and oxygen atoms in total. The SMILES string of the molecule is Cc1noc(CSc2ccccc2C(=O)N(C)Cc2cnn(Cc3ccccc3)c2)n1. The van der Waals surface area contributed by atoms with Gasteiger partial charge in [0.1, 0.15) is 0 Å². The lowest BCUT2D eigenvalue weighted by Gasteiger charge is -2.18. The molecule has 0 unspecified atom stereocenters.